The fraction of sp³-hybridized carbons (Fsp3) is 0.333. The summed E-state index contributed by atoms with van der Waals surface area (Å²) in [6.45, 7) is 2.71. The van der Waals surface area contributed by atoms with Gasteiger partial charge in [0.1, 0.15) is 28.8 Å². The Labute approximate surface area is 171 Å². The molecule has 9 heteroatoms. The Morgan fingerprint density at radius 2 is 2.13 bits per heavy atom. The highest BCUT2D eigenvalue weighted by Gasteiger charge is 2.43. The Kier molecular flexibility index (Phi) is 4.39. The topological polar surface area (TPSA) is 117 Å². The van der Waals surface area contributed by atoms with E-state index in [-0.39, 0.29) is 30.4 Å². The molecule has 0 radical (unpaired) electrons. The highest BCUT2D eigenvalue weighted by Crippen LogP contribution is 2.36. The van der Waals surface area contributed by atoms with Gasteiger partial charge < -0.3 is 29.3 Å². The molecule has 0 saturated carbocycles. The number of hydrogen-bond acceptors (Lipinski definition) is 7. The third kappa shape index (κ3) is 2.90. The molecule has 2 aliphatic rings. The Balaban J connectivity index is 1.41. The number of carbonyl (C=O) groups is 1. The molecular formula is C21H21N3O6. The van der Waals surface area contributed by atoms with E-state index in [1.165, 1.54) is 10.8 Å². The summed E-state index contributed by atoms with van der Waals surface area (Å²) in [4.78, 5) is 27.0. The van der Waals surface area contributed by atoms with Crippen LogP contribution in [0.2, 0.25) is 0 Å². The number of aliphatic hydroxyl groups is 1. The summed E-state index contributed by atoms with van der Waals surface area (Å²) in [6, 6.07) is 9.24. The van der Waals surface area contributed by atoms with Crippen molar-refractivity contribution in [1.29, 1.82) is 0 Å². The fourth-order valence-corrected chi connectivity index (χ4v) is 4.20. The molecule has 1 aromatic carbocycles. The number of pyridine rings is 1. The molecular weight excluding hydrogens is 390 g/mol. The number of furan rings is 1. The van der Waals surface area contributed by atoms with Gasteiger partial charge in [-0.15, -0.1) is 0 Å². The molecule has 3 atom stereocenters. The third-order valence-corrected chi connectivity index (χ3v) is 5.69. The zero-order valence-corrected chi connectivity index (χ0v) is 16.2. The van der Waals surface area contributed by atoms with Crippen molar-refractivity contribution in [3.8, 4) is 5.75 Å². The lowest BCUT2D eigenvalue weighted by Gasteiger charge is -2.38. The number of carbonyl (C=O) groups excluding carboxylic acids is 1. The van der Waals surface area contributed by atoms with Crippen molar-refractivity contribution in [1.82, 2.24) is 14.8 Å². The largest absolute Gasteiger partial charge is 0.503 e. The molecule has 1 saturated heterocycles. The Bertz CT molecular complexity index is 1170. The summed E-state index contributed by atoms with van der Waals surface area (Å²) in [5.41, 5.74) is -0.257. The maximum atomic E-state index is 12.7. The van der Waals surface area contributed by atoms with Gasteiger partial charge in [-0.2, -0.15) is 0 Å². The predicted octanol–water partition coefficient (Wildman–Crippen LogP) is 1.28. The average Bonchev–Trinajstić information content (AvgIpc) is 3.32. The van der Waals surface area contributed by atoms with E-state index >= 15 is 0 Å². The minimum atomic E-state index is -1.19. The molecule has 9 nitrogen and oxygen atoms in total. The second-order valence-corrected chi connectivity index (χ2v) is 7.65. The summed E-state index contributed by atoms with van der Waals surface area (Å²) in [6.07, 6.45) is -0.226. The smallest absolute Gasteiger partial charge is 0.257 e. The second-order valence-electron chi connectivity index (χ2n) is 7.65. The molecule has 0 spiro atoms. The van der Waals surface area contributed by atoms with Gasteiger partial charge >= 0.3 is 0 Å². The van der Waals surface area contributed by atoms with Crippen molar-refractivity contribution in [2.75, 3.05) is 6.61 Å². The fourth-order valence-electron chi connectivity index (χ4n) is 4.20. The van der Waals surface area contributed by atoms with E-state index in [0.717, 1.165) is 5.39 Å². The van der Waals surface area contributed by atoms with Crippen LogP contribution in [-0.2, 0) is 17.8 Å². The van der Waals surface area contributed by atoms with E-state index in [4.69, 9.17) is 9.15 Å². The summed E-state index contributed by atoms with van der Waals surface area (Å²) < 4.78 is 12.9. The van der Waals surface area contributed by atoms with Crippen LogP contribution >= 0.6 is 0 Å². The lowest BCUT2D eigenvalue weighted by Crippen LogP contribution is -2.47. The van der Waals surface area contributed by atoms with Gasteiger partial charge in [-0.25, -0.2) is 4.90 Å². The minimum absolute atomic E-state index is 0.0555. The van der Waals surface area contributed by atoms with Crippen LogP contribution < -0.4 is 10.7 Å². The van der Waals surface area contributed by atoms with E-state index in [2.05, 4.69) is 5.32 Å². The van der Waals surface area contributed by atoms with E-state index in [1.807, 2.05) is 37.3 Å². The zero-order chi connectivity index (χ0) is 21.0. The van der Waals surface area contributed by atoms with Crippen molar-refractivity contribution >= 4 is 16.9 Å². The number of hydrogen-bond donors (Lipinski definition) is 3. The number of rotatable bonds is 3. The van der Waals surface area contributed by atoms with E-state index in [0.29, 0.717) is 18.0 Å². The molecule has 30 heavy (non-hydrogen) atoms. The molecule has 0 bridgehead atoms. The molecule has 1 fully saturated rings. The lowest BCUT2D eigenvalue weighted by atomic mass is 10.1. The SMILES string of the molecule is C[C@H]1CO[C@@H]2Cn3cc(C(=O)NCc4cc5ccccc5o4)c(=O)c(O)c3C(O)N12. The summed E-state index contributed by atoms with van der Waals surface area (Å²) in [5, 5.41) is 24.7. The number of nitrogens with zero attached hydrogens (tertiary/aromatic N) is 2. The number of nitrogens with one attached hydrogen (secondary N) is 1. The molecule has 2 aliphatic heterocycles. The molecule has 0 aliphatic carbocycles. The molecule has 1 unspecified atom stereocenters. The van der Waals surface area contributed by atoms with Gasteiger partial charge in [0.05, 0.1) is 19.7 Å². The van der Waals surface area contributed by atoms with Gasteiger partial charge in [0.25, 0.3) is 5.91 Å². The number of aromatic nitrogens is 1. The van der Waals surface area contributed by atoms with Gasteiger partial charge in [-0.3, -0.25) is 9.59 Å². The normalized spacial score (nSPS) is 23.3. The number of fused-ring (bicyclic) bond motifs is 3. The van der Waals surface area contributed by atoms with Crippen LogP contribution in [0.5, 0.6) is 5.75 Å². The molecule has 156 valence electrons. The number of amides is 1. The van der Waals surface area contributed by atoms with Crippen molar-refractivity contribution in [3.63, 3.8) is 0 Å². The lowest BCUT2D eigenvalue weighted by molar-refractivity contribution is -0.105. The van der Waals surface area contributed by atoms with Gasteiger partial charge in [0.2, 0.25) is 5.43 Å². The third-order valence-electron chi connectivity index (χ3n) is 5.69. The molecule has 1 amide bonds. The van der Waals surface area contributed by atoms with Crippen LogP contribution in [0, 0.1) is 0 Å². The number of benzene rings is 1. The first-order valence-electron chi connectivity index (χ1n) is 9.73. The highest BCUT2D eigenvalue weighted by molar-refractivity contribution is 5.94. The zero-order valence-electron chi connectivity index (χ0n) is 16.2. The monoisotopic (exact) mass is 411 g/mol. The average molecular weight is 411 g/mol. The standard InChI is InChI=1S/C21H21N3O6/c1-11-10-29-16-9-23-8-14(18(25)19(26)17(23)21(28)24(11)16)20(27)22-7-13-6-12-4-2-3-5-15(12)30-13/h2-6,8,11,16,21,26,28H,7,9-10H2,1H3,(H,22,27)/t11-,16+,21?/m0/s1. The van der Waals surface area contributed by atoms with Crippen LogP contribution in [0.25, 0.3) is 11.0 Å². The maximum absolute atomic E-state index is 12.7. The predicted molar refractivity (Wildman–Crippen MR) is 106 cm³/mol. The van der Waals surface area contributed by atoms with Crippen molar-refractivity contribution < 1.29 is 24.2 Å². The van der Waals surface area contributed by atoms with Crippen LogP contribution in [0.4, 0.5) is 0 Å². The van der Waals surface area contributed by atoms with Crippen molar-refractivity contribution in [2.24, 2.45) is 0 Å². The van der Waals surface area contributed by atoms with E-state index < -0.39 is 29.5 Å². The van der Waals surface area contributed by atoms with Gasteiger partial charge in [0.15, 0.2) is 12.0 Å². The van der Waals surface area contributed by atoms with Gasteiger partial charge in [-0.05, 0) is 19.1 Å². The number of para-hydroxylation sites is 1. The van der Waals surface area contributed by atoms with Crippen LogP contribution in [-0.4, -0.2) is 44.5 Å². The minimum Gasteiger partial charge on any atom is -0.503 e. The Morgan fingerprint density at radius 3 is 2.93 bits per heavy atom. The Hall–Kier alpha value is -3.14. The first-order chi connectivity index (χ1) is 14.4. The number of aromatic hydroxyl groups is 1. The molecule has 2 aromatic heterocycles. The van der Waals surface area contributed by atoms with E-state index in [9.17, 15) is 19.8 Å². The summed E-state index contributed by atoms with van der Waals surface area (Å²) in [5.74, 6) is -0.716. The van der Waals surface area contributed by atoms with Gasteiger partial charge in [-0.1, -0.05) is 18.2 Å². The number of aliphatic hydroxyl groups excluding tert-OH is 1. The van der Waals surface area contributed by atoms with Crippen LogP contribution in [0.1, 0.15) is 35.0 Å². The quantitative estimate of drug-likeness (QED) is 0.594. The Morgan fingerprint density at radius 1 is 1.33 bits per heavy atom. The van der Waals surface area contributed by atoms with Crippen molar-refractivity contribution in [2.45, 2.75) is 38.5 Å². The van der Waals surface area contributed by atoms with E-state index in [1.54, 1.807) is 4.90 Å². The molecule has 3 N–H and O–H groups in total. The first-order valence-corrected chi connectivity index (χ1v) is 9.73. The highest BCUT2D eigenvalue weighted by atomic mass is 16.5. The molecule has 4 heterocycles. The van der Waals surface area contributed by atoms with Crippen molar-refractivity contribution in [3.05, 3.63) is 63.8 Å². The number of ether oxygens (including phenoxy) is 1. The maximum Gasteiger partial charge on any atom is 0.257 e. The first kappa shape index (κ1) is 18.9. The summed E-state index contributed by atoms with van der Waals surface area (Å²) in [7, 11) is 0. The molecule has 3 aromatic rings. The molecule has 5 rings (SSSR count). The second kappa shape index (κ2) is 6.98. The van der Waals surface area contributed by atoms with Crippen LogP contribution in [0.3, 0.4) is 0 Å². The summed E-state index contributed by atoms with van der Waals surface area (Å²) >= 11 is 0. The van der Waals surface area contributed by atoms with Crippen LogP contribution in [0.15, 0.2) is 45.7 Å². The van der Waals surface area contributed by atoms with Gasteiger partial charge in [0, 0.05) is 17.6 Å².